The summed E-state index contributed by atoms with van der Waals surface area (Å²) in [6, 6.07) is 17.7. The molecule has 0 N–H and O–H groups in total. The fourth-order valence-electron chi connectivity index (χ4n) is 2.13. The second-order valence-electron chi connectivity index (χ2n) is 4.48. The Labute approximate surface area is 123 Å². The van der Waals surface area contributed by atoms with E-state index in [9.17, 15) is 5.26 Å². The fraction of sp³-hybridized carbons (Fsp3) is 0.188. The molecule has 1 nitrogen and oxygen atoms in total. The third-order valence-corrected chi connectivity index (χ3v) is 4.01. The van der Waals surface area contributed by atoms with Crippen molar-refractivity contribution in [3.63, 3.8) is 0 Å². The topological polar surface area (TPSA) is 23.8 Å². The lowest BCUT2D eigenvalue weighted by Crippen LogP contribution is -2.06. The van der Waals surface area contributed by atoms with E-state index in [0.717, 1.165) is 11.1 Å². The van der Waals surface area contributed by atoms with Crippen LogP contribution in [-0.4, -0.2) is 0 Å². The van der Waals surface area contributed by atoms with E-state index in [4.69, 9.17) is 23.2 Å². The number of rotatable bonds is 3. The first-order valence-corrected chi connectivity index (χ1v) is 6.78. The predicted molar refractivity (Wildman–Crippen MR) is 79.7 cm³/mol. The van der Waals surface area contributed by atoms with Crippen LogP contribution in [0, 0.1) is 11.3 Å². The van der Waals surface area contributed by atoms with Crippen molar-refractivity contribution in [1.29, 1.82) is 5.26 Å². The number of halogens is 2. The van der Waals surface area contributed by atoms with Crippen LogP contribution in [0.15, 0.2) is 48.5 Å². The molecule has 2 aromatic rings. The summed E-state index contributed by atoms with van der Waals surface area (Å²) >= 11 is 11.9. The van der Waals surface area contributed by atoms with Crippen LogP contribution in [0.3, 0.4) is 0 Å². The first-order valence-electron chi connectivity index (χ1n) is 6.03. The zero-order valence-electron chi connectivity index (χ0n) is 10.5. The van der Waals surface area contributed by atoms with E-state index in [1.54, 1.807) is 12.1 Å². The Kier molecular flexibility index (Phi) is 4.47. The molecule has 0 heterocycles. The van der Waals surface area contributed by atoms with Gasteiger partial charge in [-0.05, 0) is 23.3 Å². The highest BCUT2D eigenvalue weighted by atomic mass is 35.5. The summed E-state index contributed by atoms with van der Waals surface area (Å²) in [7, 11) is 0. The van der Waals surface area contributed by atoms with Gasteiger partial charge in [0.15, 0.2) is 0 Å². The van der Waals surface area contributed by atoms with Gasteiger partial charge in [0.05, 0.1) is 22.0 Å². The fourth-order valence-corrected chi connectivity index (χ4v) is 2.44. The lowest BCUT2D eigenvalue weighted by molar-refractivity contribution is 0.687. The molecule has 0 aliphatic heterocycles. The predicted octanol–water partition coefficient (Wildman–Crippen LogP) is 5.40. The highest BCUT2D eigenvalue weighted by molar-refractivity contribution is 6.42. The molecule has 2 atom stereocenters. The molecule has 0 saturated heterocycles. The molecule has 2 aromatic carbocycles. The third-order valence-electron chi connectivity index (χ3n) is 3.27. The van der Waals surface area contributed by atoms with E-state index >= 15 is 0 Å². The van der Waals surface area contributed by atoms with Gasteiger partial charge in [0.1, 0.15) is 0 Å². The average molecular weight is 290 g/mol. The van der Waals surface area contributed by atoms with Crippen molar-refractivity contribution in [2.45, 2.75) is 18.8 Å². The molecule has 0 bridgehead atoms. The Morgan fingerprint density at radius 1 is 0.947 bits per heavy atom. The molecule has 0 aliphatic carbocycles. The van der Waals surface area contributed by atoms with Crippen molar-refractivity contribution >= 4 is 23.2 Å². The number of nitrogens with zero attached hydrogens (tertiary/aromatic N) is 1. The van der Waals surface area contributed by atoms with Gasteiger partial charge in [-0.15, -0.1) is 0 Å². The molecule has 2 unspecified atom stereocenters. The molecule has 0 fully saturated rings. The van der Waals surface area contributed by atoms with Gasteiger partial charge in [0.25, 0.3) is 0 Å². The van der Waals surface area contributed by atoms with Crippen LogP contribution in [0.2, 0.25) is 10.0 Å². The average Bonchev–Trinajstić information content (AvgIpc) is 2.44. The minimum atomic E-state index is -0.239. The van der Waals surface area contributed by atoms with Crippen molar-refractivity contribution in [1.82, 2.24) is 0 Å². The third kappa shape index (κ3) is 3.10. The number of nitriles is 1. The minimum Gasteiger partial charge on any atom is -0.198 e. The number of hydrogen-bond donors (Lipinski definition) is 0. The largest absolute Gasteiger partial charge is 0.198 e. The quantitative estimate of drug-likeness (QED) is 0.742. The Balaban J connectivity index is 2.35. The Morgan fingerprint density at radius 2 is 1.63 bits per heavy atom. The summed E-state index contributed by atoms with van der Waals surface area (Å²) in [5.74, 6) is -0.138. The first-order chi connectivity index (χ1) is 9.13. The monoisotopic (exact) mass is 289 g/mol. The zero-order chi connectivity index (χ0) is 13.8. The van der Waals surface area contributed by atoms with Gasteiger partial charge in [-0.25, -0.2) is 0 Å². The van der Waals surface area contributed by atoms with Crippen LogP contribution in [0.25, 0.3) is 0 Å². The van der Waals surface area contributed by atoms with Crippen molar-refractivity contribution in [2.75, 3.05) is 0 Å². The number of benzene rings is 2. The molecule has 0 radical (unpaired) electrons. The van der Waals surface area contributed by atoms with Gasteiger partial charge >= 0.3 is 0 Å². The molecule has 19 heavy (non-hydrogen) atoms. The van der Waals surface area contributed by atoms with E-state index in [1.165, 1.54) is 0 Å². The van der Waals surface area contributed by atoms with Crippen LogP contribution in [-0.2, 0) is 0 Å². The van der Waals surface area contributed by atoms with Crippen LogP contribution < -0.4 is 0 Å². The van der Waals surface area contributed by atoms with E-state index in [1.807, 2.05) is 43.3 Å². The van der Waals surface area contributed by atoms with Gasteiger partial charge in [-0.1, -0.05) is 66.5 Å². The standard InChI is InChI=1S/C16H13Cl2N/c1-11(12-5-3-2-4-6-12)14(10-19)13-7-8-15(17)16(18)9-13/h2-9,11,14H,1H3. The van der Waals surface area contributed by atoms with Gasteiger partial charge in [0, 0.05) is 5.92 Å². The van der Waals surface area contributed by atoms with Crippen LogP contribution in [0.5, 0.6) is 0 Å². The lowest BCUT2D eigenvalue weighted by Gasteiger charge is -2.18. The smallest absolute Gasteiger partial charge is 0.0779 e. The van der Waals surface area contributed by atoms with Gasteiger partial charge in [-0.3, -0.25) is 0 Å². The van der Waals surface area contributed by atoms with Crippen molar-refractivity contribution < 1.29 is 0 Å². The highest BCUT2D eigenvalue weighted by Gasteiger charge is 2.21. The van der Waals surface area contributed by atoms with Gasteiger partial charge in [-0.2, -0.15) is 5.26 Å². The second kappa shape index (κ2) is 6.10. The molecule has 0 saturated carbocycles. The maximum Gasteiger partial charge on any atom is 0.0779 e. The van der Waals surface area contributed by atoms with Crippen molar-refractivity contribution in [3.8, 4) is 6.07 Å². The van der Waals surface area contributed by atoms with Crippen LogP contribution >= 0.6 is 23.2 Å². The number of hydrogen-bond acceptors (Lipinski definition) is 1. The highest BCUT2D eigenvalue weighted by Crippen LogP contribution is 2.34. The molecule has 96 valence electrons. The lowest BCUT2D eigenvalue weighted by atomic mass is 9.84. The Morgan fingerprint density at radius 3 is 2.21 bits per heavy atom. The van der Waals surface area contributed by atoms with E-state index in [0.29, 0.717) is 10.0 Å². The molecule has 0 amide bonds. The maximum absolute atomic E-state index is 9.45. The molecule has 3 heteroatoms. The van der Waals surface area contributed by atoms with Gasteiger partial charge < -0.3 is 0 Å². The Bertz CT molecular complexity index is 602. The van der Waals surface area contributed by atoms with E-state index in [2.05, 4.69) is 6.07 Å². The van der Waals surface area contributed by atoms with Crippen molar-refractivity contribution in [3.05, 3.63) is 69.7 Å². The first kappa shape index (κ1) is 13.9. The summed E-state index contributed by atoms with van der Waals surface area (Å²) in [5.41, 5.74) is 2.04. The molecule has 0 aromatic heterocycles. The van der Waals surface area contributed by atoms with E-state index in [-0.39, 0.29) is 11.8 Å². The molecule has 2 rings (SSSR count). The van der Waals surface area contributed by atoms with Crippen LogP contribution in [0.1, 0.15) is 29.9 Å². The van der Waals surface area contributed by atoms with Crippen molar-refractivity contribution in [2.24, 2.45) is 0 Å². The summed E-state index contributed by atoms with van der Waals surface area (Å²) < 4.78 is 0. The maximum atomic E-state index is 9.45. The SMILES string of the molecule is CC(c1ccccc1)C(C#N)c1ccc(Cl)c(Cl)c1. The molecular weight excluding hydrogens is 277 g/mol. The minimum absolute atomic E-state index is 0.100. The van der Waals surface area contributed by atoms with Gasteiger partial charge in [0.2, 0.25) is 0 Å². The molecule has 0 aliphatic rings. The summed E-state index contributed by atoms with van der Waals surface area (Å²) in [4.78, 5) is 0. The normalized spacial score (nSPS) is 13.6. The summed E-state index contributed by atoms with van der Waals surface area (Å²) in [6.07, 6.45) is 0. The molecular formula is C16H13Cl2N. The van der Waals surface area contributed by atoms with E-state index < -0.39 is 0 Å². The Hall–Kier alpha value is -1.49. The summed E-state index contributed by atoms with van der Waals surface area (Å²) in [6.45, 7) is 2.05. The summed E-state index contributed by atoms with van der Waals surface area (Å²) in [5, 5.41) is 10.4. The zero-order valence-corrected chi connectivity index (χ0v) is 12.0. The second-order valence-corrected chi connectivity index (χ2v) is 5.29. The van der Waals surface area contributed by atoms with Crippen LogP contribution in [0.4, 0.5) is 0 Å². The molecule has 0 spiro atoms.